The number of benzene rings is 1. The fraction of sp³-hybridized carbons (Fsp3) is 0.647. The third kappa shape index (κ3) is 3.76. The van der Waals surface area contributed by atoms with Crippen LogP contribution < -0.4 is 15.4 Å². The van der Waals surface area contributed by atoms with Gasteiger partial charge in [0.25, 0.3) is 0 Å². The van der Waals surface area contributed by atoms with E-state index in [1.165, 1.54) is 24.8 Å². The summed E-state index contributed by atoms with van der Waals surface area (Å²) in [5, 5.41) is 7.37. The number of nitrogens with one attached hydrogen (secondary N) is 2. The molecule has 2 fully saturated rings. The van der Waals surface area contributed by atoms with Crippen LogP contribution in [0.2, 0.25) is 0 Å². The number of methoxy groups -OCH3 is 1. The molecule has 3 atom stereocenters. The lowest BCUT2D eigenvalue weighted by molar-refractivity contribution is 0.0524. The molecule has 0 bridgehead atoms. The Kier molecular flexibility index (Phi) is 5.12. The highest BCUT2D eigenvalue weighted by Crippen LogP contribution is 2.29. The quantitative estimate of drug-likeness (QED) is 0.870. The number of ether oxygens (including phenoxy) is 2. The zero-order valence-electron chi connectivity index (χ0n) is 12.8. The Bertz CT molecular complexity index is 446. The lowest BCUT2D eigenvalue weighted by Gasteiger charge is -2.33. The van der Waals surface area contributed by atoms with Crippen LogP contribution in [0.5, 0.6) is 5.75 Å². The molecule has 0 amide bonds. The molecule has 3 unspecified atom stereocenters. The molecule has 21 heavy (non-hydrogen) atoms. The van der Waals surface area contributed by atoms with Crippen LogP contribution in [-0.2, 0) is 11.3 Å². The third-order valence-corrected chi connectivity index (χ3v) is 4.74. The van der Waals surface area contributed by atoms with E-state index in [1.807, 2.05) is 6.07 Å². The summed E-state index contributed by atoms with van der Waals surface area (Å²) in [6, 6.07) is 9.42. The molecule has 116 valence electrons. The van der Waals surface area contributed by atoms with Crippen molar-refractivity contribution in [1.29, 1.82) is 0 Å². The van der Waals surface area contributed by atoms with Crippen molar-refractivity contribution in [3.8, 4) is 5.75 Å². The summed E-state index contributed by atoms with van der Waals surface area (Å²) in [6.45, 7) is 3.61. The van der Waals surface area contributed by atoms with Gasteiger partial charge in [0, 0.05) is 25.2 Å². The molecule has 1 heterocycles. The molecule has 1 aliphatic heterocycles. The van der Waals surface area contributed by atoms with E-state index < -0.39 is 0 Å². The van der Waals surface area contributed by atoms with E-state index in [2.05, 4.69) is 28.8 Å². The van der Waals surface area contributed by atoms with Gasteiger partial charge in [-0.15, -0.1) is 0 Å². The number of morpholine rings is 1. The molecule has 4 nitrogen and oxygen atoms in total. The van der Waals surface area contributed by atoms with Gasteiger partial charge in [0.2, 0.25) is 0 Å². The summed E-state index contributed by atoms with van der Waals surface area (Å²) in [7, 11) is 1.72. The second-order valence-corrected chi connectivity index (χ2v) is 6.07. The van der Waals surface area contributed by atoms with E-state index in [1.54, 1.807) is 7.11 Å². The standard InChI is InChI=1S/C17H26N2O2/c1-20-14-5-2-4-13(10-14)11-19-16-7-3-6-15(16)17-12-21-9-8-18-17/h2,4-5,10,15-19H,3,6-9,11-12H2,1H3. The average molecular weight is 290 g/mol. The molecule has 1 saturated carbocycles. The highest BCUT2D eigenvalue weighted by molar-refractivity contribution is 5.28. The van der Waals surface area contributed by atoms with Crippen molar-refractivity contribution in [1.82, 2.24) is 10.6 Å². The maximum atomic E-state index is 5.63. The van der Waals surface area contributed by atoms with E-state index in [-0.39, 0.29) is 0 Å². The maximum absolute atomic E-state index is 5.63. The van der Waals surface area contributed by atoms with Crippen molar-refractivity contribution >= 4 is 0 Å². The predicted octanol–water partition coefficient (Wildman–Crippen LogP) is 1.94. The fourth-order valence-corrected chi connectivity index (χ4v) is 3.62. The van der Waals surface area contributed by atoms with Gasteiger partial charge in [0.1, 0.15) is 5.75 Å². The molecule has 0 aromatic heterocycles. The second-order valence-electron chi connectivity index (χ2n) is 6.07. The molecule has 1 aliphatic carbocycles. The van der Waals surface area contributed by atoms with E-state index in [9.17, 15) is 0 Å². The van der Waals surface area contributed by atoms with Crippen LogP contribution in [0.3, 0.4) is 0 Å². The summed E-state index contributed by atoms with van der Waals surface area (Å²) >= 11 is 0. The Morgan fingerprint density at radius 1 is 1.38 bits per heavy atom. The SMILES string of the molecule is COc1cccc(CNC2CCCC2C2COCCN2)c1. The van der Waals surface area contributed by atoms with Gasteiger partial charge in [-0.05, 0) is 36.5 Å². The van der Waals surface area contributed by atoms with Gasteiger partial charge in [-0.25, -0.2) is 0 Å². The molecular weight excluding hydrogens is 264 g/mol. The molecule has 4 heteroatoms. The molecular formula is C17H26N2O2. The number of rotatable bonds is 5. The molecule has 3 rings (SSSR count). The Labute approximate surface area is 127 Å². The van der Waals surface area contributed by atoms with Gasteiger partial charge in [-0.1, -0.05) is 18.6 Å². The third-order valence-electron chi connectivity index (χ3n) is 4.74. The second kappa shape index (κ2) is 7.25. The van der Waals surface area contributed by atoms with E-state index >= 15 is 0 Å². The van der Waals surface area contributed by atoms with Crippen molar-refractivity contribution in [3.63, 3.8) is 0 Å². The summed E-state index contributed by atoms with van der Waals surface area (Å²) in [5.41, 5.74) is 1.29. The monoisotopic (exact) mass is 290 g/mol. The molecule has 2 N–H and O–H groups in total. The highest BCUT2D eigenvalue weighted by atomic mass is 16.5. The smallest absolute Gasteiger partial charge is 0.119 e. The predicted molar refractivity (Wildman–Crippen MR) is 83.6 cm³/mol. The minimum absolute atomic E-state index is 0.518. The first-order valence-corrected chi connectivity index (χ1v) is 8.04. The van der Waals surface area contributed by atoms with Gasteiger partial charge in [-0.3, -0.25) is 0 Å². The molecule has 1 aromatic rings. The Morgan fingerprint density at radius 3 is 3.14 bits per heavy atom. The summed E-state index contributed by atoms with van der Waals surface area (Å²) in [4.78, 5) is 0. The van der Waals surface area contributed by atoms with Crippen LogP contribution in [0.4, 0.5) is 0 Å². The largest absolute Gasteiger partial charge is 0.497 e. The van der Waals surface area contributed by atoms with Crippen molar-refractivity contribution in [2.45, 2.75) is 37.9 Å². The highest BCUT2D eigenvalue weighted by Gasteiger charge is 2.34. The fourth-order valence-electron chi connectivity index (χ4n) is 3.62. The minimum Gasteiger partial charge on any atom is -0.497 e. The lowest BCUT2D eigenvalue weighted by atomic mass is 9.94. The summed E-state index contributed by atoms with van der Waals surface area (Å²) in [6.07, 6.45) is 3.89. The maximum Gasteiger partial charge on any atom is 0.119 e. The molecule has 1 saturated heterocycles. The van der Waals surface area contributed by atoms with Crippen LogP contribution in [0.1, 0.15) is 24.8 Å². The Hall–Kier alpha value is -1.10. The van der Waals surface area contributed by atoms with Crippen LogP contribution in [0, 0.1) is 5.92 Å². The first-order chi connectivity index (χ1) is 10.4. The zero-order valence-corrected chi connectivity index (χ0v) is 12.8. The van der Waals surface area contributed by atoms with Gasteiger partial charge in [-0.2, -0.15) is 0 Å². The van der Waals surface area contributed by atoms with Gasteiger partial charge in [0.05, 0.1) is 20.3 Å². The van der Waals surface area contributed by atoms with Crippen molar-refractivity contribution < 1.29 is 9.47 Å². The topological polar surface area (TPSA) is 42.5 Å². The van der Waals surface area contributed by atoms with Gasteiger partial charge < -0.3 is 20.1 Å². The van der Waals surface area contributed by atoms with E-state index in [0.717, 1.165) is 32.1 Å². The minimum atomic E-state index is 0.518. The van der Waals surface area contributed by atoms with Crippen molar-refractivity contribution in [2.75, 3.05) is 26.9 Å². The van der Waals surface area contributed by atoms with Crippen LogP contribution >= 0.6 is 0 Å². The van der Waals surface area contributed by atoms with Crippen molar-refractivity contribution in [2.24, 2.45) is 5.92 Å². The van der Waals surface area contributed by atoms with Crippen LogP contribution in [-0.4, -0.2) is 39.0 Å². The Morgan fingerprint density at radius 2 is 2.33 bits per heavy atom. The summed E-state index contributed by atoms with van der Waals surface area (Å²) < 4.78 is 10.9. The molecule has 2 aliphatic rings. The summed E-state index contributed by atoms with van der Waals surface area (Å²) in [5.74, 6) is 1.62. The van der Waals surface area contributed by atoms with Gasteiger partial charge >= 0.3 is 0 Å². The van der Waals surface area contributed by atoms with E-state index in [4.69, 9.17) is 9.47 Å². The number of hydrogen-bond donors (Lipinski definition) is 2. The molecule has 0 radical (unpaired) electrons. The zero-order chi connectivity index (χ0) is 14.5. The number of hydrogen-bond acceptors (Lipinski definition) is 4. The lowest BCUT2D eigenvalue weighted by Crippen LogP contribution is -2.50. The Balaban J connectivity index is 1.55. The van der Waals surface area contributed by atoms with Gasteiger partial charge in [0.15, 0.2) is 0 Å². The van der Waals surface area contributed by atoms with Crippen LogP contribution in [0.15, 0.2) is 24.3 Å². The van der Waals surface area contributed by atoms with Crippen molar-refractivity contribution in [3.05, 3.63) is 29.8 Å². The normalized spacial score (nSPS) is 29.5. The molecule has 1 aromatic carbocycles. The van der Waals surface area contributed by atoms with Crippen LogP contribution in [0.25, 0.3) is 0 Å². The first kappa shape index (κ1) is 14.8. The molecule has 0 spiro atoms. The average Bonchev–Trinajstić information content (AvgIpc) is 3.02. The first-order valence-electron chi connectivity index (χ1n) is 8.04. The van der Waals surface area contributed by atoms with E-state index in [0.29, 0.717) is 18.0 Å².